The van der Waals surface area contributed by atoms with E-state index in [9.17, 15) is 5.11 Å². The van der Waals surface area contributed by atoms with Crippen molar-refractivity contribution in [1.29, 1.82) is 0 Å². The molecule has 21 heavy (non-hydrogen) atoms. The summed E-state index contributed by atoms with van der Waals surface area (Å²) in [6.07, 6.45) is 1.06. The minimum atomic E-state index is -0.718. The first kappa shape index (κ1) is 14.6. The van der Waals surface area contributed by atoms with Gasteiger partial charge in [-0.05, 0) is 25.5 Å². The fraction of sp³-hybridized carbons (Fsp3) is 0.625. The number of aliphatic hydroxyl groups excluding tert-OH is 1. The third-order valence-corrected chi connectivity index (χ3v) is 4.66. The monoisotopic (exact) mass is 293 g/mol. The number of methoxy groups -OCH3 is 1. The summed E-state index contributed by atoms with van der Waals surface area (Å²) in [4.78, 5) is 0. The van der Waals surface area contributed by atoms with Crippen molar-refractivity contribution in [2.45, 2.75) is 32.0 Å². The van der Waals surface area contributed by atoms with E-state index in [1.165, 1.54) is 0 Å². The van der Waals surface area contributed by atoms with Crippen molar-refractivity contribution in [3.05, 3.63) is 23.3 Å². The molecule has 2 aliphatic rings. The molecule has 5 heteroatoms. The Bertz CT molecular complexity index is 525. The molecule has 1 aromatic rings. The largest absolute Gasteiger partial charge is 0.496 e. The molecule has 2 aliphatic heterocycles. The van der Waals surface area contributed by atoms with Crippen molar-refractivity contribution >= 4 is 0 Å². The summed E-state index contributed by atoms with van der Waals surface area (Å²) in [7, 11) is 1.62. The Morgan fingerprint density at radius 3 is 2.95 bits per heavy atom. The molecule has 1 saturated heterocycles. The molecule has 1 fully saturated rings. The Kier molecular flexibility index (Phi) is 3.82. The fourth-order valence-electron chi connectivity index (χ4n) is 3.29. The van der Waals surface area contributed by atoms with Gasteiger partial charge in [0.1, 0.15) is 17.6 Å². The van der Waals surface area contributed by atoms with E-state index in [-0.39, 0.29) is 6.10 Å². The Balaban J connectivity index is 1.99. The molecular weight excluding hydrogens is 270 g/mol. The molecule has 1 aromatic carbocycles. The number of rotatable bonds is 4. The van der Waals surface area contributed by atoms with E-state index in [4.69, 9.17) is 19.9 Å². The van der Waals surface area contributed by atoms with Crippen LogP contribution in [0.1, 0.15) is 30.6 Å². The SMILES string of the molecule is COc1cc2c(cc1C(O)C1(CN)CCOC1)OC(C)C2. The first-order valence-corrected chi connectivity index (χ1v) is 7.43. The topological polar surface area (TPSA) is 73.9 Å². The van der Waals surface area contributed by atoms with E-state index >= 15 is 0 Å². The normalized spacial score (nSPS) is 29.0. The van der Waals surface area contributed by atoms with Crippen LogP contribution in [-0.2, 0) is 11.2 Å². The van der Waals surface area contributed by atoms with Gasteiger partial charge in [-0.1, -0.05) is 0 Å². The predicted molar refractivity (Wildman–Crippen MR) is 78.7 cm³/mol. The van der Waals surface area contributed by atoms with Crippen LogP contribution in [0.15, 0.2) is 12.1 Å². The molecule has 0 saturated carbocycles. The molecule has 0 aliphatic carbocycles. The molecular formula is C16H23NO4. The highest BCUT2D eigenvalue weighted by atomic mass is 16.5. The van der Waals surface area contributed by atoms with Crippen molar-refractivity contribution in [3.8, 4) is 11.5 Å². The molecule has 0 aromatic heterocycles. The van der Waals surface area contributed by atoms with E-state index < -0.39 is 11.5 Å². The van der Waals surface area contributed by atoms with E-state index in [2.05, 4.69) is 0 Å². The summed E-state index contributed by atoms with van der Waals surface area (Å²) in [5.41, 5.74) is 7.34. The zero-order valence-electron chi connectivity index (χ0n) is 12.6. The van der Waals surface area contributed by atoms with Crippen LogP contribution in [0.2, 0.25) is 0 Å². The summed E-state index contributed by atoms with van der Waals surface area (Å²) in [5, 5.41) is 10.9. The van der Waals surface area contributed by atoms with Gasteiger partial charge >= 0.3 is 0 Å². The first-order chi connectivity index (χ1) is 10.1. The molecule has 3 rings (SSSR count). The fourth-order valence-corrected chi connectivity index (χ4v) is 3.29. The zero-order valence-corrected chi connectivity index (χ0v) is 12.6. The van der Waals surface area contributed by atoms with Crippen LogP contribution in [-0.4, -0.2) is 38.1 Å². The number of aliphatic hydroxyl groups is 1. The molecule has 116 valence electrons. The number of ether oxygens (including phenoxy) is 3. The third-order valence-electron chi connectivity index (χ3n) is 4.66. The second-order valence-corrected chi connectivity index (χ2v) is 6.11. The van der Waals surface area contributed by atoms with Gasteiger partial charge in [0.2, 0.25) is 0 Å². The van der Waals surface area contributed by atoms with Crippen LogP contribution in [0.4, 0.5) is 0 Å². The number of hydrogen-bond donors (Lipinski definition) is 2. The Labute approximate surface area is 125 Å². The van der Waals surface area contributed by atoms with Crippen molar-refractivity contribution in [1.82, 2.24) is 0 Å². The van der Waals surface area contributed by atoms with Crippen molar-refractivity contribution in [2.75, 3.05) is 26.9 Å². The Morgan fingerprint density at radius 1 is 1.52 bits per heavy atom. The molecule has 0 radical (unpaired) electrons. The lowest BCUT2D eigenvalue weighted by Gasteiger charge is -2.32. The smallest absolute Gasteiger partial charge is 0.125 e. The molecule has 2 heterocycles. The Hall–Kier alpha value is -1.30. The number of benzene rings is 1. The maximum absolute atomic E-state index is 10.9. The minimum Gasteiger partial charge on any atom is -0.496 e. The number of nitrogens with two attached hydrogens (primary N) is 1. The van der Waals surface area contributed by atoms with E-state index in [0.717, 1.165) is 29.7 Å². The predicted octanol–water partition coefficient (Wildman–Crippen LogP) is 1.42. The number of hydrogen-bond acceptors (Lipinski definition) is 5. The second kappa shape index (κ2) is 5.48. The molecule has 5 nitrogen and oxygen atoms in total. The van der Waals surface area contributed by atoms with Gasteiger partial charge in [-0.3, -0.25) is 0 Å². The van der Waals surface area contributed by atoms with Crippen LogP contribution < -0.4 is 15.2 Å². The Morgan fingerprint density at radius 2 is 2.33 bits per heavy atom. The lowest BCUT2D eigenvalue weighted by Crippen LogP contribution is -2.37. The van der Waals surface area contributed by atoms with Gasteiger partial charge in [-0.25, -0.2) is 0 Å². The summed E-state index contributed by atoms with van der Waals surface area (Å²) < 4.78 is 16.7. The van der Waals surface area contributed by atoms with Crippen molar-refractivity contribution < 1.29 is 19.3 Å². The van der Waals surface area contributed by atoms with Crippen molar-refractivity contribution in [2.24, 2.45) is 11.1 Å². The van der Waals surface area contributed by atoms with E-state index in [1.807, 2.05) is 19.1 Å². The average Bonchev–Trinajstić information content (AvgIpc) is 3.10. The standard InChI is InChI=1S/C16H23NO4/c1-10-5-11-6-14(19-2)12(7-13(11)21-10)15(18)16(8-17)3-4-20-9-16/h6-7,10,15,18H,3-5,8-9,17H2,1-2H3. The van der Waals surface area contributed by atoms with Gasteiger partial charge in [0.05, 0.1) is 19.8 Å². The molecule has 0 spiro atoms. The molecule has 0 bridgehead atoms. The lowest BCUT2D eigenvalue weighted by atomic mass is 9.78. The van der Waals surface area contributed by atoms with Gasteiger partial charge < -0.3 is 25.1 Å². The average molecular weight is 293 g/mol. The second-order valence-electron chi connectivity index (χ2n) is 6.11. The minimum absolute atomic E-state index is 0.162. The summed E-state index contributed by atoms with van der Waals surface area (Å²) >= 11 is 0. The maximum Gasteiger partial charge on any atom is 0.125 e. The summed E-state index contributed by atoms with van der Waals surface area (Å²) in [5.74, 6) is 1.53. The zero-order chi connectivity index (χ0) is 15.0. The van der Waals surface area contributed by atoms with Crippen LogP contribution in [0, 0.1) is 5.41 Å². The highest BCUT2D eigenvalue weighted by molar-refractivity contribution is 5.50. The van der Waals surface area contributed by atoms with Crippen LogP contribution in [0.5, 0.6) is 11.5 Å². The summed E-state index contributed by atoms with van der Waals surface area (Å²) in [6, 6.07) is 3.87. The van der Waals surface area contributed by atoms with Gasteiger partial charge in [0.25, 0.3) is 0 Å². The van der Waals surface area contributed by atoms with Gasteiger partial charge in [-0.15, -0.1) is 0 Å². The van der Waals surface area contributed by atoms with E-state index in [1.54, 1.807) is 7.11 Å². The van der Waals surface area contributed by atoms with E-state index in [0.29, 0.717) is 25.5 Å². The quantitative estimate of drug-likeness (QED) is 0.878. The molecule has 3 unspecified atom stereocenters. The number of fused-ring (bicyclic) bond motifs is 1. The van der Waals surface area contributed by atoms with Gasteiger partial charge in [-0.2, -0.15) is 0 Å². The van der Waals surface area contributed by atoms with Gasteiger partial charge in [0, 0.05) is 36.1 Å². The highest BCUT2D eigenvalue weighted by Crippen LogP contribution is 2.46. The van der Waals surface area contributed by atoms with Gasteiger partial charge in [0.15, 0.2) is 0 Å². The lowest BCUT2D eigenvalue weighted by molar-refractivity contribution is 0.0174. The maximum atomic E-state index is 10.9. The van der Waals surface area contributed by atoms with Crippen LogP contribution in [0.3, 0.4) is 0 Å². The van der Waals surface area contributed by atoms with Crippen LogP contribution in [0.25, 0.3) is 0 Å². The highest BCUT2D eigenvalue weighted by Gasteiger charge is 2.43. The molecule has 0 amide bonds. The first-order valence-electron chi connectivity index (χ1n) is 7.43. The molecule has 3 atom stereocenters. The third kappa shape index (κ3) is 2.39. The summed E-state index contributed by atoms with van der Waals surface area (Å²) in [6.45, 7) is 3.53. The molecule has 3 N–H and O–H groups in total. The van der Waals surface area contributed by atoms with Crippen molar-refractivity contribution in [3.63, 3.8) is 0 Å². The van der Waals surface area contributed by atoms with Crippen LogP contribution >= 0.6 is 0 Å².